The minimum absolute atomic E-state index is 0.130. The van der Waals surface area contributed by atoms with E-state index in [1.165, 1.54) is 11.3 Å². The van der Waals surface area contributed by atoms with Crippen molar-refractivity contribution in [2.75, 3.05) is 0 Å². The van der Waals surface area contributed by atoms with Gasteiger partial charge in [-0.05, 0) is 11.6 Å². The number of nitrogens with zero attached hydrogens (tertiary/aromatic N) is 3. The quantitative estimate of drug-likeness (QED) is 0.515. The van der Waals surface area contributed by atoms with E-state index >= 15 is 0 Å². The second-order valence-corrected chi connectivity index (χ2v) is 7.02. The van der Waals surface area contributed by atoms with Gasteiger partial charge in [0.25, 0.3) is 0 Å². The van der Waals surface area contributed by atoms with Gasteiger partial charge < -0.3 is 11.1 Å². The summed E-state index contributed by atoms with van der Waals surface area (Å²) in [6.45, 7) is 0.330. The lowest BCUT2D eigenvalue weighted by molar-refractivity contribution is -0.123. The maximum absolute atomic E-state index is 12.7. The van der Waals surface area contributed by atoms with Gasteiger partial charge in [0.05, 0.1) is 18.4 Å². The number of hydrazine groups is 1. The van der Waals surface area contributed by atoms with Crippen molar-refractivity contribution in [3.8, 4) is 10.8 Å². The minimum atomic E-state index is -0.460. The van der Waals surface area contributed by atoms with Crippen LogP contribution in [0.5, 0.6) is 0 Å². The molecule has 1 saturated heterocycles. The van der Waals surface area contributed by atoms with E-state index < -0.39 is 6.04 Å². The maximum atomic E-state index is 12.7. The number of nitrogens with one attached hydrogen (secondary N) is 3. The van der Waals surface area contributed by atoms with Crippen LogP contribution >= 0.6 is 11.3 Å². The molecular formula is C18H19N7OS. The highest BCUT2D eigenvalue weighted by Gasteiger charge is 2.39. The van der Waals surface area contributed by atoms with Crippen molar-refractivity contribution in [3.63, 3.8) is 0 Å². The maximum Gasteiger partial charge on any atom is 0.239 e. The fraction of sp³-hybridized carbons (Fsp3) is 0.222. The SMILES string of the molecule is NC1NNC(C(=O)NCc2csc(-c3ncccn3)n2)C1c1ccccc1. The highest BCUT2D eigenvalue weighted by molar-refractivity contribution is 7.13. The molecule has 1 aliphatic heterocycles. The first-order valence-electron chi connectivity index (χ1n) is 8.53. The molecule has 3 unspecified atom stereocenters. The van der Waals surface area contributed by atoms with Crippen LogP contribution in [0, 0.1) is 0 Å². The van der Waals surface area contributed by atoms with E-state index in [0.717, 1.165) is 16.3 Å². The van der Waals surface area contributed by atoms with Gasteiger partial charge in [-0.25, -0.2) is 25.8 Å². The van der Waals surface area contributed by atoms with Crippen molar-refractivity contribution in [2.45, 2.75) is 24.7 Å². The van der Waals surface area contributed by atoms with Gasteiger partial charge in [0.1, 0.15) is 6.04 Å². The number of hydrogen-bond donors (Lipinski definition) is 4. The lowest BCUT2D eigenvalue weighted by Gasteiger charge is -2.20. The van der Waals surface area contributed by atoms with Gasteiger partial charge in [-0.2, -0.15) is 0 Å². The van der Waals surface area contributed by atoms with Crippen LogP contribution in [-0.4, -0.2) is 33.1 Å². The van der Waals surface area contributed by atoms with Crippen LogP contribution in [0.2, 0.25) is 0 Å². The van der Waals surface area contributed by atoms with Crippen molar-refractivity contribution in [3.05, 3.63) is 65.4 Å². The minimum Gasteiger partial charge on any atom is -0.349 e. The Bertz CT molecular complexity index is 902. The fourth-order valence-corrected chi connectivity index (χ4v) is 3.83. The number of aromatic nitrogens is 3. The molecule has 0 aliphatic carbocycles. The van der Waals surface area contributed by atoms with Crippen molar-refractivity contribution in [1.29, 1.82) is 0 Å². The van der Waals surface area contributed by atoms with Crippen LogP contribution in [0.4, 0.5) is 0 Å². The summed E-state index contributed by atoms with van der Waals surface area (Å²) >= 11 is 1.45. The second-order valence-electron chi connectivity index (χ2n) is 6.16. The van der Waals surface area contributed by atoms with Gasteiger partial charge >= 0.3 is 0 Å². The summed E-state index contributed by atoms with van der Waals surface area (Å²) in [4.78, 5) is 25.6. The molecule has 0 saturated carbocycles. The summed E-state index contributed by atoms with van der Waals surface area (Å²) in [6, 6.07) is 11.1. The Morgan fingerprint density at radius 1 is 1.15 bits per heavy atom. The number of thiazole rings is 1. The van der Waals surface area contributed by atoms with E-state index in [1.807, 2.05) is 35.7 Å². The van der Waals surface area contributed by atoms with Crippen LogP contribution in [0.3, 0.4) is 0 Å². The molecule has 8 nitrogen and oxygen atoms in total. The second kappa shape index (κ2) is 7.89. The standard InChI is InChI=1S/C18H19N7OS/c19-15-13(11-5-2-1-3-6-11)14(24-25-15)17(26)22-9-12-10-27-18(23-12)16-20-7-4-8-21-16/h1-8,10,13-15,24-25H,9,19H2,(H,22,26). The van der Waals surface area contributed by atoms with E-state index in [2.05, 4.69) is 31.1 Å². The summed E-state index contributed by atoms with van der Waals surface area (Å²) in [5, 5.41) is 5.55. The smallest absolute Gasteiger partial charge is 0.239 e. The predicted octanol–water partition coefficient (Wildman–Crippen LogP) is 0.761. The Balaban J connectivity index is 1.41. The van der Waals surface area contributed by atoms with E-state index in [-0.39, 0.29) is 18.0 Å². The lowest BCUT2D eigenvalue weighted by Crippen LogP contribution is -2.44. The highest BCUT2D eigenvalue weighted by atomic mass is 32.1. The molecule has 0 bridgehead atoms. The molecule has 1 aromatic carbocycles. The van der Waals surface area contributed by atoms with Crippen LogP contribution < -0.4 is 21.9 Å². The van der Waals surface area contributed by atoms with Crippen LogP contribution in [0.15, 0.2) is 54.2 Å². The molecule has 27 heavy (non-hydrogen) atoms. The first-order valence-corrected chi connectivity index (χ1v) is 9.41. The molecule has 1 aliphatic rings. The first kappa shape index (κ1) is 17.7. The van der Waals surface area contributed by atoms with E-state index in [0.29, 0.717) is 12.4 Å². The van der Waals surface area contributed by atoms with Crippen molar-refractivity contribution >= 4 is 17.2 Å². The van der Waals surface area contributed by atoms with Crippen LogP contribution in [0.1, 0.15) is 17.2 Å². The summed E-state index contributed by atoms with van der Waals surface area (Å²) in [5.74, 6) is 0.293. The Morgan fingerprint density at radius 3 is 2.70 bits per heavy atom. The van der Waals surface area contributed by atoms with Crippen molar-refractivity contribution in [2.24, 2.45) is 5.73 Å². The molecule has 3 atom stereocenters. The number of benzene rings is 1. The fourth-order valence-electron chi connectivity index (χ4n) is 3.06. The highest BCUT2D eigenvalue weighted by Crippen LogP contribution is 2.25. The number of amides is 1. The molecule has 1 amide bonds. The topological polar surface area (TPSA) is 118 Å². The number of carbonyl (C=O) groups excluding carboxylic acids is 1. The van der Waals surface area contributed by atoms with E-state index in [4.69, 9.17) is 5.73 Å². The summed E-state index contributed by atoms with van der Waals surface area (Å²) in [6.07, 6.45) is 3.01. The van der Waals surface area contributed by atoms with Gasteiger partial charge in [-0.1, -0.05) is 30.3 Å². The number of carbonyl (C=O) groups is 1. The van der Waals surface area contributed by atoms with Crippen molar-refractivity contribution < 1.29 is 4.79 Å². The third-order valence-electron chi connectivity index (χ3n) is 4.37. The normalized spacial score (nSPS) is 21.9. The zero-order chi connectivity index (χ0) is 18.6. The third-order valence-corrected chi connectivity index (χ3v) is 5.26. The molecular weight excluding hydrogens is 362 g/mol. The molecule has 0 spiro atoms. The van der Waals surface area contributed by atoms with Crippen molar-refractivity contribution in [1.82, 2.24) is 31.1 Å². The molecule has 3 heterocycles. The van der Waals surface area contributed by atoms with Gasteiger partial charge in [-0.3, -0.25) is 4.79 Å². The Labute approximate surface area is 160 Å². The average molecular weight is 381 g/mol. The molecule has 9 heteroatoms. The van der Waals surface area contributed by atoms with Crippen LogP contribution in [-0.2, 0) is 11.3 Å². The van der Waals surface area contributed by atoms with E-state index in [9.17, 15) is 4.79 Å². The molecule has 4 rings (SSSR count). The zero-order valence-electron chi connectivity index (χ0n) is 14.4. The van der Waals surface area contributed by atoms with E-state index in [1.54, 1.807) is 18.5 Å². The third kappa shape index (κ3) is 3.86. The summed E-state index contributed by atoms with van der Waals surface area (Å²) < 4.78 is 0. The number of hydrogen-bond acceptors (Lipinski definition) is 8. The largest absolute Gasteiger partial charge is 0.349 e. The van der Waals surface area contributed by atoms with Gasteiger partial charge in [-0.15, -0.1) is 11.3 Å². The predicted molar refractivity (Wildman–Crippen MR) is 102 cm³/mol. The Kier molecular flexibility index (Phi) is 5.16. The molecule has 0 radical (unpaired) electrons. The zero-order valence-corrected chi connectivity index (χ0v) is 15.2. The van der Waals surface area contributed by atoms with Crippen LogP contribution in [0.25, 0.3) is 10.8 Å². The number of rotatable bonds is 5. The molecule has 1 fully saturated rings. The lowest BCUT2D eigenvalue weighted by atomic mass is 9.90. The Morgan fingerprint density at radius 2 is 1.93 bits per heavy atom. The first-order chi connectivity index (χ1) is 13.2. The summed E-state index contributed by atoms with van der Waals surface area (Å²) in [5.41, 5.74) is 13.9. The van der Waals surface area contributed by atoms with Gasteiger partial charge in [0.15, 0.2) is 10.8 Å². The summed E-state index contributed by atoms with van der Waals surface area (Å²) in [7, 11) is 0. The number of nitrogens with two attached hydrogens (primary N) is 1. The molecule has 138 valence electrons. The Hall–Kier alpha value is -2.72. The monoisotopic (exact) mass is 381 g/mol. The van der Waals surface area contributed by atoms with Gasteiger partial charge in [0.2, 0.25) is 5.91 Å². The average Bonchev–Trinajstić information content (AvgIpc) is 3.34. The van der Waals surface area contributed by atoms with Gasteiger partial charge in [0, 0.05) is 23.7 Å². The molecule has 2 aromatic heterocycles. The molecule has 5 N–H and O–H groups in total. The molecule has 3 aromatic rings.